The Labute approximate surface area is 128 Å². The van der Waals surface area contributed by atoms with Gasteiger partial charge < -0.3 is 10.2 Å². The number of rotatable bonds is 4. The number of carbonyl (C=O) groups excluding carboxylic acids is 1. The average Bonchev–Trinajstić information content (AvgIpc) is 3.28. The van der Waals surface area contributed by atoms with Crippen LogP contribution in [0.3, 0.4) is 0 Å². The molecule has 2 aromatic heterocycles. The lowest BCUT2D eigenvalue weighted by Crippen LogP contribution is -2.31. The van der Waals surface area contributed by atoms with Crippen LogP contribution in [0, 0.1) is 11.3 Å². The van der Waals surface area contributed by atoms with Crippen LogP contribution in [-0.4, -0.2) is 33.2 Å². The van der Waals surface area contributed by atoms with E-state index in [1.54, 1.807) is 24.1 Å². The molecule has 1 aliphatic carbocycles. The number of pyridine rings is 1. The zero-order valence-electron chi connectivity index (χ0n) is 12.2. The number of nitriles is 1. The van der Waals surface area contributed by atoms with Crippen LogP contribution in [0.1, 0.15) is 35.8 Å². The SMILES string of the molecule is CN(Cc1cc(C2CC2)n[nH]1)C(=O)Nc1ccc(C#N)nc1. The molecule has 1 aliphatic rings. The highest BCUT2D eigenvalue weighted by Crippen LogP contribution is 2.39. The summed E-state index contributed by atoms with van der Waals surface area (Å²) in [5.74, 6) is 0.592. The van der Waals surface area contributed by atoms with Gasteiger partial charge >= 0.3 is 6.03 Å². The maximum absolute atomic E-state index is 12.1. The third-order valence-electron chi connectivity index (χ3n) is 3.53. The fourth-order valence-electron chi connectivity index (χ4n) is 2.13. The Kier molecular flexibility index (Phi) is 3.74. The highest BCUT2D eigenvalue weighted by molar-refractivity contribution is 5.88. The number of anilines is 1. The van der Waals surface area contributed by atoms with Crippen LogP contribution in [0.5, 0.6) is 0 Å². The minimum atomic E-state index is -0.242. The number of H-pyrrole nitrogens is 1. The fourth-order valence-corrected chi connectivity index (χ4v) is 2.13. The molecule has 2 aromatic rings. The van der Waals surface area contributed by atoms with E-state index in [9.17, 15) is 4.79 Å². The van der Waals surface area contributed by atoms with E-state index in [4.69, 9.17) is 5.26 Å². The molecule has 0 aromatic carbocycles. The molecule has 0 spiro atoms. The second-order valence-electron chi connectivity index (χ2n) is 5.42. The van der Waals surface area contributed by atoms with Gasteiger partial charge in [-0.2, -0.15) is 10.4 Å². The molecule has 2 heterocycles. The summed E-state index contributed by atoms with van der Waals surface area (Å²) in [6.07, 6.45) is 3.87. The largest absolute Gasteiger partial charge is 0.322 e. The van der Waals surface area contributed by atoms with Gasteiger partial charge in [0.05, 0.1) is 29.8 Å². The Hall–Kier alpha value is -2.88. The number of nitrogens with one attached hydrogen (secondary N) is 2. The van der Waals surface area contributed by atoms with Crippen molar-refractivity contribution < 1.29 is 4.79 Å². The number of amides is 2. The topological polar surface area (TPSA) is 97.7 Å². The van der Waals surface area contributed by atoms with Crippen LogP contribution in [0.15, 0.2) is 24.4 Å². The fraction of sp³-hybridized carbons (Fsp3) is 0.333. The van der Waals surface area contributed by atoms with Gasteiger partial charge in [-0.25, -0.2) is 9.78 Å². The summed E-state index contributed by atoms with van der Waals surface area (Å²) in [6, 6.07) is 6.92. The Morgan fingerprint density at radius 3 is 3.00 bits per heavy atom. The van der Waals surface area contributed by atoms with Crippen molar-refractivity contribution in [3.63, 3.8) is 0 Å². The number of urea groups is 1. The Morgan fingerprint density at radius 2 is 2.36 bits per heavy atom. The minimum Gasteiger partial charge on any atom is -0.322 e. The minimum absolute atomic E-state index is 0.242. The lowest BCUT2D eigenvalue weighted by molar-refractivity contribution is 0.220. The Morgan fingerprint density at radius 1 is 1.55 bits per heavy atom. The van der Waals surface area contributed by atoms with Crippen LogP contribution < -0.4 is 5.32 Å². The van der Waals surface area contributed by atoms with Crippen molar-refractivity contribution in [1.82, 2.24) is 20.1 Å². The summed E-state index contributed by atoms with van der Waals surface area (Å²) < 4.78 is 0. The molecular weight excluding hydrogens is 280 g/mol. The number of carbonyl (C=O) groups is 1. The summed E-state index contributed by atoms with van der Waals surface area (Å²) in [4.78, 5) is 17.6. The molecule has 0 unspecified atom stereocenters. The van der Waals surface area contributed by atoms with E-state index < -0.39 is 0 Å². The molecule has 0 saturated heterocycles. The van der Waals surface area contributed by atoms with Gasteiger partial charge in [-0.3, -0.25) is 5.10 Å². The smallest absolute Gasteiger partial charge is 0.321 e. The molecule has 0 atom stereocenters. The van der Waals surface area contributed by atoms with Gasteiger partial charge in [0.25, 0.3) is 0 Å². The summed E-state index contributed by atoms with van der Waals surface area (Å²) in [7, 11) is 1.71. The molecule has 1 fully saturated rings. The second-order valence-corrected chi connectivity index (χ2v) is 5.42. The quantitative estimate of drug-likeness (QED) is 0.903. The second kappa shape index (κ2) is 5.85. The predicted octanol–water partition coefficient (Wildman–Crippen LogP) is 2.22. The molecule has 7 nitrogen and oxygen atoms in total. The molecule has 1 saturated carbocycles. The predicted molar refractivity (Wildman–Crippen MR) is 80.0 cm³/mol. The van der Waals surface area contributed by atoms with E-state index in [-0.39, 0.29) is 6.03 Å². The Balaban J connectivity index is 1.57. The van der Waals surface area contributed by atoms with Crippen LogP contribution in [0.4, 0.5) is 10.5 Å². The van der Waals surface area contributed by atoms with Gasteiger partial charge in [0, 0.05) is 13.0 Å². The Bertz CT molecular complexity index is 710. The van der Waals surface area contributed by atoms with Crippen molar-refractivity contribution in [2.45, 2.75) is 25.3 Å². The van der Waals surface area contributed by atoms with Crippen LogP contribution in [0.2, 0.25) is 0 Å². The number of hydrogen-bond donors (Lipinski definition) is 2. The van der Waals surface area contributed by atoms with Crippen LogP contribution >= 0.6 is 0 Å². The van der Waals surface area contributed by atoms with E-state index >= 15 is 0 Å². The lowest BCUT2D eigenvalue weighted by Gasteiger charge is -2.16. The molecule has 0 aliphatic heterocycles. The molecule has 22 heavy (non-hydrogen) atoms. The molecule has 0 bridgehead atoms. The van der Waals surface area contributed by atoms with Crippen molar-refractivity contribution >= 4 is 11.7 Å². The highest BCUT2D eigenvalue weighted by atomic mass is 16.2. The average molecular weight is 296 g/mol. The van der Waals surface area contributed by atoms with Gasteiger partial charge in [-0.1, -0.05) is 0 Å². The monoisotopic (exact) mass is 296 g/mol. The standard InChI is InChI=1S/C15H16N6O/c1-21(9-13-6-14(20-19-13)10-2-3-10)15(22)18-12-5-4-11(7-16)17-8-12/h4-6,8,10H,2-3,9H2,1H3,(H,18,22)(H,19,20). The number of aromatic amines is 1. The molecule has 112 valence electrons. The molecule has 2 N–H and O–H groups in total. The first-order chi connectivity index (χ1) is 10.7. The maximum Gasteiger partial charge on any atom is 0.321 e. The van der Waals surface area contributed by atoms with Gasteiger partial charge in [0.15, 0.2) is 0 Å². The van der Waals surface area contributed by atoms with E-state index in [1.165, 1.54) is 19.0 Å². The van der Waals surface area contributed by atoms with Crippen molar-refractivity contribution in [3.05, 3.63) is 41.5 Å². The lowest BCUT2D eigenvalue weighted by atomic mass is 10.2. The van der Waals surface area contributed by atoms with E-state index in [0.29, 0.717) is 23.8 Å². The molecular formula is C15H16N6O. The first-order valence-corrected chi connectivity index (χ1v) is 7.08. The third-order valence-corrected chi connectivity index (χ3v) is 3.53. The van der Waals surface area contributed by atoms with Crippen molar-refractivity contribution in [1.29, 1.82) is 5.26 Å². The van der Waals surface area contributed by atoms with Gasteiger partial charge in [0.2, 0.25) is 0 Å². The highest BCUT2D eigenvalue weighted by Gasteiger charge is 2.26. The summed E-state index contributed by atoms with van der Waals surface area (Å²) in [5, 5.41) is 18.7. The molecule has 0 radical (unpaired) electrons. The summed E-state index contributed by atoms with van der Waals surface area (Å²) in [6.45, 7) is 0.454. The first kappa shape index (κ1) is 14.1. The summed E-state index contributed by atoms with van der Waals surface area (Å²) >= 11 is 0. The van der Waals surface area contributed by atoms with Gasteiger partial charge in [0.1, 0.15) is 11.8 Å². The van der Waals surface area contributed by atoms with E-state index in [1.807, 2.05) is 12.1 Å². The molecule has 7 heteroatoms. The first-order valence-electron chi connectivity index (χ1n) is 7.08. The summed E-state index contributed by atoms with van der Waals surface area (Å²) in [5.41, 5.74) is 2.87. The van der Waals surface area contributed by atoms with E-state index in [0.717, 1.165) is 11.4 Å². The van der Waals surface area contributed by atoms with E-state index in [2.05, 4.69) is 20.5 Å². The van der Waals surface area contributed by atoms with Crippen LogP contribution in [0.25, 0.3) is 0 Å². The zero-order chi connectivity index (χ0) is 15.5. The van der Waals surface area contributed by atoms with Crippen molar-refractivity contribution in [2.75, 3.05) is 12.4 Å². The number of hydrogen-bond acceptors (Lipinski definition) is 4. The number of nitrogens with zero attached hydrogens (tertiary/aromatic N) is 4. The molecule has 2 amide bonds. The number of aromatic nitrogens is 3. The maximum atomic E-state index is 12.1. The third kappa shape index (κ3) is 3.23. The van der Waals surface area contributed by atoms with Gasteiger partial charge in [-0.05, 0) is 31.0 Å². The van der Waals surface area contributed by atoms with Crippen molar-refractivity contribution in [2.24, 2.45) is 0 Å². The van der Waals surface area contributed by atoms with Crippen LogP contribution in [-0.2, 0) is 6.54 Å². The normalized spacial score (nSPS) is 13.5. The molecule has 3 rings (SSSR count). The van der Waals surface area contributed by atoms with Gasteiger partial charge in [-0.15, -0.1) is 0 Å². The van der Waals surface area contributed by atoms with Crippen molar-refractivity contribution in [3.8, 4) is 6.07 Å². The zero-order valence-corrected chi connectivity index (χ0v) is 12.2.